The summed E-state index contributed by atoms with van der Waals surface area (Å²) in [5.41, 5.74) is 7.36. The molecule has 3 rings (SSSR count). The molecule has 0 aliphatic carbocycles. The Kier molecular flexibility index (Phi) is 7.24. The third-order valence-electron chi connectivity index (χ3n) is 4.10. The zero-order chi connectivity index (χ0) is 16.1. The standard InChI is InChI=1S/C18H22N2O2S.ClH/c19-11-14-5-7-15(8-6-14)18(21)20(12-16-3-1-9-22-16)13-17-4-2-10-23-17;/h2,4-8,10,16H,1,3,9,11-13,19H2;1H. The second-order valence-electron chi connectivity index (χ2n) is 5.80. The number of amides is 1. The van der Waals surface area contributed by atoms with Crippen LogP contribution in [-0.2, 0) is 17.8 Å². The van der Waals surface area contributed by atoms with Crippen LogP contribution in [0.3, 0.4) is 0 Å². The summed E-state index contributed by atoms with van der Waals surface area (Å²) in [5.74, 6) is 0.0532. The number of carbonyl (C=O) groups excluding carboxylic acids is 1. The number of rotatable bonds is 6. The molecule has 1 aromatic carbocycles. The molecule has 1 unspecified atom stereocenters. The van der Waals surface area contributed by atoms with Crippen molar-refractivity contribution in [1.82, 2.24) is 4.90 Å². The molecule has 24 heavy (non-hydrogen) atoms. The van der Waals surface area contributed by atoms with Crippen molar-refractivity contribution >= 4 is 29.7 Å². The number of nitrogens with zero attached hydrogens (tertiary/aromatic N) is 1. The lowest BCUT2D eigenvalue weighted by Crippen LogP contribution is -2.36. The highest BCUT2D eigenvalue weighted by molar-refractivity contribution is 7.09. The molecule has 4 nitrogen and oxygen atoms in total. The number of ether oxygens (including phenoxy) is 1. The molecule has 6 heteroatoms. The SMILES string of the molecule is Cl.NCc1ccc(C(=O)N(Cc2cccs2)CC2CCCO2)cc1. The molecular formula is C18H23ClN2O2S. The Morgan fingerprint density at radius 2 is 2.08 bits per heavy atom. The second-order valence-corrected chi connectivity index (χ2v) is 6.83. The first kappa shape index (κ1) is 18.9. The third-order valence-corrected chi connectivity index (χ3v) is 4.96. The van der Waals surface area contributed by atoms with Crippen LogP contribution >= 0.6 is 23.7 Å². The van der Waals surface area contributed by atoms with E-state index in [0.29, 0.717) is 25.2 Å². The molecule has 1 atom stereocenters. The molecule has 1 amide bonds. The molecule has 130 valence electrons. The van der Waals surface area contributed by atoms with Crippen molar-refractivity contribution in [3.8, 4) is 0 Å². The van der Waals surface area contributed by atoms with E-state index in [2.05, 4.69) is 6.07 Å². The first-order valence-corrected chi connectivity index (χ1v) is 8.86. The number of nitrogens with two attached hydrogens (primary N) is 1. The van der Waals surface area contributed by atoms with Gasteiger partial charge in [0.05, 0.1) is 12.6 Å². The van der Waals surface area contributed by atoms with E-state index in [1.54, 1.807) is 11.3 Å². The van der Waals surface area contributed by atoms with Gasteiger partial charge in [-0.25, -0.2) is 0 Å². The van der Waals surface area contributed by atoms with Crippen molar-refractivity contribution in [3.63, 3.8) is 0 Å². The minimum absolute atomic E-state index is 0. The summed E-state index contributed by atoms with van der Waals surface area (Å²) in [5, 5.41) is 2.04. The summed E-state index contributed by atoms with van der Waals surface area (Å²) >= 11 is 1.68. The largest absolute Gasteiger partial charge is 0.376 e. The van der Waals surface area contributed by atoms with Crippen LogP contribution in [0.15, 0.2) is 41.8 Å². The Morgan fingerprint density at radius 1 is 1.29 bits per heavy atom. The van der Waals surface area contributed by atoms with Gasteiger partial charge in [-0.3, -0.25) is 4.79 Å². The van der Waals surface area contributed by atoms with Crippen molar-refractivity contribution in [2.24, 2.45) is 5.73 Å². The molecular weight excluding hydrogens is 344 g/mol. The molecule has 1 fully saturated rings. The number of halogens is 1. The Morgan fingerprint density at radius 3 is 2.67 bits per heavy atom. The molecule has 0 bridgehead atoms. The zero-order valence-corrected chi connectivity index (χ0v) is 15.2. The zero-order valence-electron chi connectivity index (χ0n) is 13.5. The van der Waals surface area contributed by atoms with Gasteiger partial charge in [0.25, 0.3) is 5.91 Å². The summed E-state index contributed by atoms with van der Waals surface area (Å²) in [4.78, 5) is 16.0. The van der Waals surface area contributed by atoms with Crippen molar-refractivity contribution in [3.05, 3.63) is 57.8 Å². The highest BCUT2D eigenvalue weighted by Gasteiger charge is 2.23. The quantitative estimate of drug-likeness (QED) is 0.851. The normalized spacial score (nSPS) is 16.6. The fourth-order valence-electron chi connectivity index (χ4n) is 2.81. The van der Waals surface area contributed by atoms with Crippen LogP contribution in [0.1, 0.15) is 33.6 Å². The molecule has 0 saturated carbocycles. The lowest BCUT2D eigenvalue weighted by atomic mass is 10.1. The summed E-state index contributed by atoms with van der Waals surface area (Å²) in [6.07, 6.45) is 2.26. The number of benzene rings is 1. The van der Waals surface area contributed by atoms with E-state index in [1.165, 1.54) is 4.88 Å². The van der Waals surface area contributed by atoms with Gasteiger partial charge in [0.2, 0.25) is 0 Å². The van der Waals surface area contributed by atoms with Crippen LogP contribution in [0.5, 0.6) is 0 Å². The van der Waals surface area contributed by atoms with Gasteiger partial charge in [0.15, 0.2) is 0 Å². The number of hydrogen-bond donors (Lipinski definition) is 1. The van der Waals surface area contributed by atoms with Crippen LogP contribution < -0.4 is 5.73 Å². The van der Waals surface area contributed by atoms with Gasteiger partial charge >= 0.3 is 0 Å². The maximum Gasteiger partial charge on any atom is 0.254 e. The maximum atomic E-state index is 12.9. The van der Waals surface area contributed by atoms with E-state index < -0.39 is 0 Å². The lowest BCUT2D eigenvalue weighted by molar-refractivity contribution is 0.0509. The van der Waals surface area contributed by atoms with Crippen LogP contribution in [0.4, 0.5) is 0 Å². The Labute approximate surface area is 153 Å². The van der Waals surface area contributed by atoms with Gasteiger partial charge in [-0.05, 0) is 42.0 Å². The minimum Gasteiger partial charge on any atom is -0.376 e. The van der Waals surface area contributed by atoms with Gasteiger partial charge < -0.3 is 15.4 Å². The smallest absolute Gasteiger partial charge is 0.254 e. The summed E-state index contributed by atoms with van der Waals surface area (Å²) in [6.45, 7) is 2.57. The molecule has 2 aromatic rings. The molecule has 2 heterocycles. The molecule has 1 saturated heterocycles. The van der Waals surface area contributed by atoms with E-state index in [1.807, 2.05) is 40.6 Å². The number of carbonyl (C=O) groups is 1. The van der Waals surface area contributed by atoms with Crippen molar-refractivity contribution in [2.75, 3.05) is 13.2 Å². The van der Waals surface area contributed by atoms with Gasteiger partial charge in [-0.2, -0.15) is 0 Å². The third kappa shape index (κ3) is 4.80. The van der Waals surface area contributed by atoms with Gasteiger partial charge in [-0.1, -0.05) is 18.2 Å². The van der Waals surface area contributed by atoms with E-state index in [-0.39, 0.29) is 24.4 Å². The lowest BCUT2D eigenvalue weighted by Gasteiger charge is -2.25. The van der Waals surface area contributed by atoms with Crippen molar-refractivity contribution in [1.29, 1.82) is 0 Å². The molecule has 0 spiro atoms. The average Bonchev–Trinajstić information content (AvgIpc) is 3.27. The minimum atomic E-state index is 0. The predicted octanol–water partition coefficient (Wildman–Crippen LogP) is 3.45. The van der Waals surface area contributed by atoms with Crippen LogP contribution in [0.2, 0.25) is 0 Å². The fourth-order valence-corrected chi connectivity index (χ4v) is 3.53. The molecule has 1 aliphatic heterocycles. The van der Waals surface area contributed by atoms with E-state index >= 15 is 0 Å². The first-order valence-electron chi connectivity index (χ1n) is 7.98. The first-order chi connectivity index (χ1) is 11.3. The summed E-state index contributed by atoms with van der Waals surface area (Å²) in [6, 6.07) is 11.6. The van der Waals surface area contributed by atoms with Crippen LogP contribution in [-0.4, -0.2) is 30.1 Å². The number of hydrogen-bond acceptors (Lipinski definition) is 4. The average molecular weight is 367 g/mol. The second kappa shape index (κ2) is 9.18. The van der Waals surface area contributed by atoms with Gasteiger partial charge in [-0.15, -0.1) is 23.7 Å². The van der Waals surface area contributed by atoms with Crippen molar-refractivity contribution < 1.29 is 9.53 Å². The predicted molar refractivity (Wildman–Crippen MR) is 99.6 cm³/mol. The van der Waals surface area contributed by atoms with E-state index in [4.69, 9.17) is 10.5 Å². The molecule has 2 N–H and O–H groups in total. The highest BCUT2D eigenvalue weighted by Crippen LogP contribution is 2.19. The van der Waals surface area contributed by atoms with Crippen LogP contribution in [0, 0.1) is 0 Å². The topological polar surface area (TPSA) is 55.6 Å². The Balaban J connectivity index is 0.00000208. The maximum absolute atomic E-state index is 12.9. The summed E-state index contributed by atoms with van der Waals surface area (Å²) in [7, 11) is 0. The fraction of sp³-hybridized carbons (Fsp3) is 0.389. The van der Waals surface area contributed by atoms with E-state index in [9.17, 15) is 4.79 Å². The Bertz CT molecular complexity index is 625. The van der Waals surface area contributed by atoms with Crippen molar-refractivity contribution in [2.45, 2.75) is 32.0 Å². The highest BCUT2D eigenvalue weighted by atomic mass is 35.5. The van der Waals surface area contributed by atoms with Gasteiger partial charge in [0.1, 0.15) is 0 Å². The number of thiophene rings is 1. The van der Waals surface area contributed by atoms with E-state index in [0.717, 1.165) is 25.0 Å². The Hall–Kier alpha value is -1.40. The van der Waals surface area contributed by atoms with Gasteiger partial charge in [0, 0.05) is 30.1 Å². The molecule has 0 radical (unpaired) electrons. The molecule has 1 aliphatic rings. The summed E-state index contributed by atoms with van der Waals surface area (Å²) < 4.78 is 5.72. The molecule has 1 aromatic heterocycles. The van der Waals surface area contributed by atoms with Crippen LogP contribution in [0.25, 0.3) is 0 Å². The monoisotopic (exact) mass is 366 g/mol.